The van der Waals surface area contributed by atoms with E-state index in [9.17, 15) is 13.9 Å². The van der Waals surface area contributed by atoms with Crippen molar-refractivity contribution in [2.24, 2.45) is 5.11 Å². The topological polar surface area (TPSA) is 69.0 Å². The third-order valence-electron chi connectivity index (χ3n) is 1.65. The molecule has 1 atom stereocenters. The molecule has 1 N–H and O–H groups in total. The number of aliphatic hydroxyl groups excluding tert-OH is 1. The Labute approximate surface area is 78.4 Å². The van der Waals surface area contributed by atoms with Crippen LogP contribution in [-0.4, -0.2) is 11.7 Å². The van der Waals surface area contributed by atoms with Crippen molar-refractivity contribution in [1.29, 1.82) is 0 Å². The monoisotopic (exact) mass is 199 g/mol. The molecule has 0 aliphatic carbocycles. The van der Waals surface area contributed by atoms with Gasteiger partial charge < -0.3 is 5.11 Å². The largest absolute Gasteiger partial charge is 0.388 e. The van der Waals surface area contributed by atoms with Crippen molar-refractivity contribution in [2.45, 2.75) is 6.10 Å². The SMILES string of the molecule is [N-]=[N+]=NCC(O)c1ccc(F)c(F)c1. The second kappa shape index (κ2) is 4.55. The minimum absolute atomic E-state index is 0.177. The minimum Gasteiger partial charge on any atom is -0.388 e. The highest BCUT2D eigenvalue weighted by Gasteiger charge is 2.09. The predicted octanol–water partition coefficient (Wildman–Crippen LogP) is 2.31. The van der Waals surface area contributed by atoms with Crippen LogP contribution in [0.2, 0.25) is 0 Å². The lowest BCUT2D eigenvalue weighted by molar-refractivity contribution is 0.186. The summed E-state index contributed by atoms with van der Waals surface area (Å²) in [5.74, 6) is -2.02. The van der Waals surface area contributed by atoms with Gasteiger partial charge in [0, 0.05) is 4.91 Å². The Bertz CT molecular complexity index is 377. The summed E-state index contributed by atoms with van der Waals surface area (Å²) in [5.41, 5.74) is 8.15. The Morgan fingerprint density at radius 3 is 2.71 bits per heavy atom. The molecule has 0 heterocycles. The van der Waals surface area contributed by atoms with E-state index in [4.69, 9.17) is 5.53 Å². The number of hydrogen-bond donors (Lipinski definition) is 1. The van der Waals surface area contributed by atoms with Crippen molar-refractivity contribution in [2.75, 3.05) is 6.54 Å². The van der Waals surface area contributed by atoms with Crippen molar-refractivity contribution in [3.05, 3.63) is 45.8 Å². The van der Waals surface area contributed by atoms with E-state index in [-0.39, 0.29) is 12.1 Å². The molecule has 1 rings (SSSR count). The summed E-state index contributed by atoms with van der Waals surface area (Å²) in [7, 11) is 0. The van der Waals surface area contributed by atoms with Gasteiger partial charge in [0.05, 0.1) is 12.6 Å². The van der Waals surface area contributed by atoms with Crippen LogP contribution in [0.5, 0.6) is 0 Å². The molecule has 0 bridgehead atoms. The summed E-state index contributed by atoms with van der Waals surface area (Å²) in [6, 6.07) is 3.01. The van der Waals surface area contributed by atoms with E-state index in [1.807, 2.05) is 0 Å². The van der Waals surface area contributed by atoms with Crippen LogP contribution in [0.15, 0.2) is 23.3 Å². The Morgan fingerprint density at radius 1 is 1.43 bits per heavy atom. The lowest BCUT2D eigenvalue weighted by atomic mass is 10.1. The van der Waals surface area contributed by atoms with Crippen LogP contribution in [0, 0.1) is 11.6 Å². The molecule has 0 amide bonds. The first-order chi connectivity index (χ1) is 6.65. The third kappa shape index (κ3) is 2.42. The number of benzene rings is 1. The molecular formula is C8H7F2N3O. The molecule has 1 aromatic carbocycles. The van der Waals surface area contributed by atoms with Crippen LogP contribution in [-0.2, 0) is 0 Å². The number of halogens is 2. The summed E-state index contributed by atoms with van der Waals surface area (Å²) in [4.78, 5) is 2.44. The molecule has 1 unspecified atom stereocenters. The van der Waals surface area contributed by atoms with Crippen molar-refractivity contribution < 1.29 is 13.9 Å². The van der Waals surface area contributed by atoms with Crippen molar-refractivity contribution in [3.8, 4) is 0 Å². The molecule has 0 fully saturated rings. The molecule has 6 heteroatoms. The zero-order valence-electron chi connectivity index (χ0n) is 7.06. The number of rotatable bonds is 3. The van der Waals surface area contributed by atoms with Crippen LogP contribution in [0.25, 0.3) is 10.4 Å². The Kier molecular flexibility index (Phi) is 3.39. The summed E-state index contributed by atoms with van der Waals surface area (Å²) in [6.07, 6.45) is -1.11. The standard InChI is InChI=1S/C8H7F2N3O/c9-6-2-1-5(3-7(6)10)8(14)4-12-13-11/h1-3,8,14H,4H2. The first-order valence-corrected chi connectivity index (χ1v) is 3.79. The molecule has 1 aromatic rings. The maximum atomic E-state index is 12.7. The minimum atomic E-state index is -1.11. The maximum Gasteiger partial charge on any atom is 0.159 e. The first-order valence-electron chi connectivity index (χ1n) is 3.79. The summed E-state index contributed by atoms with van der Waals surface area (Å²) in [6.45, 7) is -0.207. The van der Waals surface area contributed by atoms with Crippen molar-refractivity contribution in [1.82, 2.24) is 0 Å². The zero-order chi connectivity index (χ0) is 10.6. The van der Waals surface area contributed by atoms with Crippen LogP contribution >= 0.6 is 0 Å². The van der Waals surface area contributed by atoms with Crippen LogP contribution in [0.3, 0.4) is 0 Å². The average Bonchev–Trinajstić information content (AvgIpc) is 2.18. The number of aliphatic hydroxyl groups is 1. The lowest BCUT2D eigenvalue weighted by Gasteiger charge is -2.07. The van der Waals surface area contributed by atoms with Gasteiger partial charge in [0.2, 0.25) is 0 Å². The highest BCUT2D eigenvalue weighted by Crippen LogP contribution is 2.16. The van der Waals surface area contributed by atoms with Gasteiger partial charge in [0.15, 0.2) is 11.6 Å². The van der Waals surface area contributed by atoms with Gasteiger partial charge in [-0.15, -0.1) is 0 Å². The van der Waals surface area contributed by atoms with Gasteiger partial charge in [-0.3, -0.25) is 0 Å². The van der Waals surface area contributed by atoms with Crippen molar-refractivity contribution >= 4 is 0 Å². The molecule has 74 valence electrons. The van der Waals surface area contributed by atoms with Gasteiger partial charge >= 0.3 is 0 Å². The predicted molar refractivity (Wildman–Crippen MR) is 45.3 cm³/mol. The highest BCUT2D eigenvalue weighted by atomic mass is 19.2. The molecule has 0 spiro atoms. The van der Waals surface area contributed by atoms with E-state index in [1.54, 1.807) is 0 Å². The molecule has 0 saturated carbocycles. The van der Waals surface area contributed by atoms with Crippen molar-refractivity contribution in [3.63, 3.8) is 0 Å². The zero-order valence-corrected chi connectivity index (χ0v) is 7.06. The summed E-state index contributed by atoms with van der Waals surface area (Å²) < 4.78 is 25.1. The quantitative estimate of drug-likeness (QED) is 0.453. The fourth-order valence-corrected chi connectivity index (χ4v) is 0.939. The summed E-state index contributed by atoms with van der Waals surface area (Å²) in [5, 5.41) is 12.4. The Balaban J connectivity index is 2.85. The van der Waals surface area contributed by atoms with E-state index in [0.29, 0.717) is 0 Å². The molecule has 0 aliphatic rings. The highest BCUT2D eigenvalue weighted by molar-refractivity contribution is 5.20. The van der Waals surface area contributed by atoms with Gasteiger partial charge in [-0.25, -0.2) is 8.78 Å². The van der Waals surface area contributed by atoms with E-state index in [2.05, 4.69) is 10.0 Å². The average molecular weight is 199 g/mol. The molecule has 0 aromatic heterocycles. The van der Waals surface area contributed by atoms with E-state index in [0.717, 1.165) is 12.1 Å². The normalized spacial score (nSPS) is 11.9. The Hall–Kier alpha value is -1.65. The van der Waals surface area contributed by atoms with Crippen LogP contribution in [0.4, 0.5) is 8.78 Å². The van der Waals surface area contributed by atoms with E-state index >= 15 is 0 Å². The molecule has 14 heavy (non-hydrogen) atoms. The molecule has 0 radical (unpaired) electrons. The fraction of sp³-hybridized carbons (Fsp3) is 0.250. The molecule has 0 aliphatic heterocycles. The number of hydrogen-bond acceptors (Lipinski definition) is 2. The second-order valence-electron chi connectivity index (χ2n) is 2.60. The van der Waals surface area contributed by atoms with Crippen LogP contribution < -0.4 is 0 Å². The number of nitrogens with zero attached hydrogens (tertiary/aromatic N) is 3. The molecule has 4 nitrogen and oxygen atoms in total. The van der Waals surface area contributed by atoms with Gasteiger partial charge in [-0.2, -0.15) is 0 Å². The van der Waals surface area contributed by atoms with E-state index in [1.165, 1.54) is 6.07 Å². The van der Waals surface area contributed by atoms with Crippen LogP contribution in [0.1, 0.15) is 11.7 Å². The maximum absolute atomic E-state index is 12.7. The van der Waals surface area contributed by atoms with Gasteiger partial charge in [0.25, 0.3) is 0 Å². The molecular weight excluding hydrogens is 192 g/mol. The Morgan fingerprint density at radius 2 is 2.14 bits per heavy atom. The number of azide groups is 1. The molecule has 0 saturated heterocycles. The smallest absolute Gasteiger partial charge is 0.159 e. The first kappa shape index (κ1) is 10.4. The second-order valence-corrected chi connectivity index (χ2v) is 2.60. The van der Waals surface area contributed by atoms with E-state index < -0.39 is 17.7 Å². The van der Waals surface area contributed by atoms with Gasteiger partial charge in [-0.1, -0.05) is 11.2 Å². The summed E-state index contributed by atoms with van der Waals surface area (Å²) >= 11 is 0. The lowest BCUT2D eigenvalue weighted by Crippen LogP contribution is -2.01. The van der Waals surface area contributed by atoms with Gasteiger partial charge in [0.1, 0.15) is 0 Å². The third-order valence-corrected chi connectivity index (χ3v) is 1.65. The van der Waals surface area contributed by atoms with Gasteiger partial charge in [-0.05, 0) is 23.2 Å². The fourth-order valence-electron chi connectivity index (χ4n) is 0.939.